The standard InChI is InChI=1S/C14H20N2O2S/c1-9-12(13(17)18)15-14(19-9)16-8-4-6-10-5-2-3-7-11(10)16/h10-11H,2-8H2,1H3,(H,17,18)/t10-,11-/m1/s1. The van der Waals surface area contributed by atoms with Gasteiger partial charge in [-0.1, -0.05) is 12.8 Å². The fraction of sp³-hybridized carbons (Fsp3) is 0.714. The van der Waals surface area contributed by atoms with Crippen molar-refractivity contribution in [3.05, 3.63) is 10.6 Å². The number of anilines is 1. The van der Waals surface area contributed by atoms with Crippen LogP contribution in [0.5, 0.6) is 0 Å². The Kier molecular flexibility index (Phi) is 3.48. The van der Waals surface area contributed by atoms with Crippen LogP contribution in [-0.2, 0) is 0 Å². The zero-order valence-electron chi connectivity index (χ0n) is 11.3. The number of carboxylic acids is 1. The number of piperidine rings is 1. The van der Waals surface area contributed by atoms with Gasteiger partial charge in [0, 0.05) is 17.5 Å². The number of aromatic carboxylic acids is 1. The Labute approximate surface area is 117 Å². The number of aryl methyl sites for hydroxylation is 1. The molecule has 0 radical (unpaired) electrons. The van der Waals surface area contributed by atoms with Crippen molar-refractivity contribution in [3.63, 3.8) is 0 Å². The zero-order chi connectivity index (χ0) is 13.4. The number of thiazole rings is 1. The lowest BCUT2D eigenvalue weighted by Crippen LogP contribution is -2.46. The molecule has 4 nitrogen and oxygen atoms in total. The van der Waals surface area contributed by atoms with Crippen LogP contribution in [0.3, 0.4) is 0 Å². The minimum Gasteiger partial charge on any atom is -0.476 e. The number of hydrogen-bond donors (Lipinski definition) is 1. The summed E-state index contributed by atoms with van der Waals surface area (Å²) in [5, 5.41) is 10.1. The molecule has 2 heterocycles. The molecule has 2 fully saturated rings. The second kappa shape index (κ2) is 5.12. The van der Waals surface area contributed by atoms with Crippen LogP contribution in [0.4, 0.5) is 5.13 Å². The van der Waals surface area contributed by atoms with E-state index >= 15 is 0 Å². The molecule has 1 aromatic heterocycles. The van der Waals surface area contributed by atoms with Gasteiger partial charge in [-0.3, -0.25) is 0 Å². The van der Waals surface area contributed by atoms with Gasteiger partial charge in [0.05, 0.1) is 0 Å². The van der Waals surface area contributed by atoms with Crippen molar-refractivity contribution in [1.82, 2.24) is 4.98 Å². The summed E-state index contributed by atoms with van der Waals surface area (Å²) in [5.74, 6) is -0.114. The summed E-state index contributed by atoms with van der Waals surface area (Å²) in [5.41, 5.74) is 0.234. The molecule has 0 amide bonds. The van der Waals surface area contributed by atoms with Crippen molar-refractivity contribution in [2.75, 3.05) is 11.4 Å². The van der Waals surface area contributed by atoms with Crippen LogP contribution in [0.1, 0.15) is 53.9 Å². The van der Waals surface area contributed by atoms with Crippen LogP contribution < -0.4 is 4.90 Å². The maximum Gasteiger partial charge on any atom is 0.355 e. The van der Waals surface area contributed by atoms with Crippen molar-refractivity contribution >= 4 is 22.4 Å². The first kappa shape index (κ1) is 12.9. The first-order valence-electron chi connectivity index (χ1n) is 7.14. The Balaban J connectivity index is 1.87. The van der Waals surface area contributed by atoms with Gasteiger partial charge in [-0.25, -0.2) is 9.78 Å². The maximum atomic E-state index is 11.1. The van der Waals surface area contributed by atoms with Crippen molar-refractivity contribution in [2.24, 2.45) is 5.92 Å². The molecule has 0 aromatic carbocycles. The highest BCUT2D eigenvalue weighted by Crippen LogP contribution is 2.39. The second-order valence-corrected chi connectivity index (χ2v) is 6.84. The van der Waals surface area contributed by atoms with Gasteiger partial charge in [-0.05, 0) is 38.5 Å². The van der Waals surface area contributed by atoms with Gasteiger partial charge in [-0.2, -0.15) is 0 Å². The van der Waals surface area contributed by atoms with Crippen LogP contribution >= 0.6 is 11.3 Å². The van der Waals surface area contributed by atoms with E-state index in [-0.39, 0.29) is 5.69 Å². The van der Waals surface area contributed by atoms with E-state index < -0.39 is 5.97 Å². The van der Waals surface area contributed by atoms with Crippen LogP contribution in [0.2, 0.25) is 0 Å². The van der Waals surface area contributed by atoms with E-state index in [2.05, 4.69) is 9.88 Å². The van der Waals surface area contributed by atoms with Crippen LogP contribution in [0.25, 0.3) is 0 Å². The number of nitrogens with zero attached hydrogens (tertiary/aromatic N) is 2. The Morgan fingerprint density at radius 3 is 2.79 bits per heavy atom. The molecule has 19 heavy (non-hydrogen) atoms. The number of carboxylic acid groups (broad SMARTS) is 1. The fourth-order valence-corrected chi connectivity index (χ4v) is 4.55. The summed E-state index contributed by atoms with van der Waals surface area (Å²) < 4.78 is 0. The number of rotatable bonds is 2. The summed E-state index contributed by atoms with van der Waals surface area (Å²) in [6.07, 6.45) is 7.77. The lowest BCUT2D eigenvalue weighted by molar-refractivity contribution is 0.0690. The van der Waals surface area contributed by atoms with E-state index in [1.807, 2.05) is 6.92 Å². The molecular weight excluding hydrogens is 260 g/mol. The minimum absolute atomic E-state index is 0.234. The topological polar surface area (TPSA) is 53.4 Å². The van der Waals surface area contributed by atoms with E-state index in [0.29, 0.717) is 6.04 Å². The minimum atomic E-state index is -0.905. The highest BCUT2D eigenvalue weighted by molar-refractivity contribution is 7.15. The van der Waals surface area contributed by atoms with E-state index in [0.717, 1.165) is 22.5 Å². The highest BCUT2D eigenvalue weighted by Gasteiger charge is 2.35. The summed E-state index contributed by atoms with van der Waals surface area (Å²) in [6, 6.07) is 0.592. The largest absolute Gasteiger partial charge is 0.476 e. The summed E-state index contributed by atoms with van der Waals surface area (Å²) >= 11 is 1.54. The highest BCUT2D eigenvalue weighted by atomic mass is 32.1. The van der Waals surface area contributed by atoms with E-state index in [1.54, 1.807) is 0 Å². The Hall–Kier alpha value is -1.10. The van der Waals surface area contributed by atoms with Crippen LogP contribution in [0.15, 0.2) is 0 Å². The average Bonchev–Trinajstić information content (AvgIpc) is 2.80. The lowest BCUT2D eigenvalue weighted by atomic mass is 9.78. The number of hydrogen-bond acceptors (Lipinski definition) is 4. The molecule has 1 N–H and O–H groups in total. The third-order valence-corrected chi connectivity index (χ3v) is 5.48. The Morgan fingerprint density at radius 1 is 1.32 bits per heavy atom. The predicted molar refractivity (Wildman–Crippen MR) is 76.1 cm³/mol. The molecule has 0 unspecified atom stereocenters. The third-order valence-electron chi connectivity index (χ3n) is 4.48. The molecule has 2 aliphatic rings. The van der Waals surface area contributed by atoms with Gasteiger partial charge in [0.1, 0.15) is 0 Å². The van der Waals surface area contributed by atoms with Gasteiger partial charge in [0.2, 0.25) is 0 Å². The average molecular weight is 280 g/mol. The van der Waals surface area contributed by atoms with E-state index in [1.165, 1.54) is 49.9 Å². The van der Waals surface area contributed by atoms with Gasteiger partial charge in [0.15, 0.2) is 10.8 Å². The third kappa shape index (κ3) is 2.36. The smallest absolute Gasteiger partial charge is 0.355 e. The quantitative estimate of drug-likeness (QED) is 0.903. The zero-order valence-corrected chi connectivity index (χ0v) is 12.1. The normalized spacial score (nSPS) is 27.1. The van der Waals surface area contributed by atoms with Gasteiger partial charge in [-0.15, -0.1) is 11.3 Å². The van der Waals surface area contributed by atoms with Gasteiger partial charge < -0.3 is 10.0 Å². The second-order valence-electron chi connectivity index (χ2n) is 5.65. The van der Waals surface area contributed by atoms with Gasteiger partial charge in [0.25, 0.3) is 0 Å². The molecule has 5 heteroatoms. The van der Waals surface area contributed by atoms with Gasteiger partial charge >= 0.3 is 5.97 Å². The first-order chi connectivity index (χ1) is 9.16. The molecule has 2 atom stereocenters. The summed E-state index contributed by atoms with van der Waals surface area (Å²) in [7, 11) is 0. The Morgan fingerprint density at radius 2 is 2.05 bits per heavy atom. The molecule has 1 saturated carbocycles. The van der Waals surface area contributed by atoms with E-state index in [9.17, 15) is 4.79 Å². The van der Waals surface area contributed by atoms with Crippen molar-refractivity contribution < 1.29 is 9.90 Å². The van der Waals surface area contributed by atoms with E-state index in [4.69, 9.17) is 5.11 Å². The number of fused-ring (bicyclic) bond motifs is 1. The summed E-state index contributed by atoms with van der Waals surface area (Å²) in [6.45, 7) is 2.89. The molecule has 0 spiro atoms. The monoisotopic (exact) mass is 280 g/mol. The van der Waals surface area contributed by atoms with Crippen molar-refractivity contribution in [1.29, 1.82) is 0 Å². The fourth-order valence-electron chi connectivity index (χ4n) is 3.57. The molecular formula is C14H20N2O2S. The van der Waals surface area contributed by atoms with Crippen LogP contribution in [-0.4, -0.2) is 28.6 Å². The lowest BCUT2D eigenvalue weighted by Gasteiger charge is -2.44. The van der Waals surface area contributed by atoms with Crippen molar-refractivity contribution in [3.8, 4) is 0 Å². The van der Waals surface area contributed by atoms with Crippen molar-refractivity contribution in [2.45, 2.75) is 51.5 Å². The molecule has 104 valence electrons. The molecule has 1 aliphatic carbocycles. The predicted octanol–water partition coefficient (Wildman–Crippen LogP) is 3.31. The number of carbonyl (C=O) groups is 1. The maximum absolute atomic E-state index is 11.1. The molecule has 1 aromatic rings. The first-order valence-corrected chi connectivity index (χ1v) is 7.96. The molecule has 3 rings (SSSR count). The molecule has 1 aliphatic heterocycles. The number of aromatic nitrogens is 1. The SMILES string of the molecule is Cc1sc(N2CCC[C@H]3CCCC[C@H]32)nc1C(=O)O. The Bertz CT molecular complexity index is 484. The molecule has 0 bridgehead atoms. The molecule has 1 saturated heterocycles. The van der Waals surface area contributed by atoms with Crippen LogP contribution in [0, 0.1) is 12.8 Å². The summed E-state index contributed by atoms with van der Waals surface area (Å²) in [4.78, 5) is 18.7.